The molecular formula is C18H20FN3O. The molecule has 0 radical (unpaired) electrons. The Morgan fingerprint density at radius 2 is 2.04 bits per heavy atom. The van der Waals surface area contributed by atoms with Crippen LogP contribution in [0.25, 0.3) is 10.9 Å². The molecule has 5 heteroatoms. The fourth-order valence-electron chi connectivity index (χ4n) is 2.81. The van der Waals surface area contributed by atoms with Crippen molar-refractivity contribution in [2.75, 3.05) is 5.32 Å². The van der Waals surface area contributed by atoms with E-state index in [1.165, 1.54) is 6.07 Å². The summed E-state index contributed by atoms with van der Waals surface area (Å²) in [4.78, 5) is 4.30. The van der Waals surface area contributed by atoms with E-state index < -0.39 is 0 Å². The maximum atomic E-state index is 14.0. The van der Waals surface area contributed by atoms with Gasteiger partial charge in [-0.2, -0.15) is 0 Å². The van der Waals surface area contributed by atoms with Gasteiger partial charge in [-0.15, -0.1) is 0 Å². The SMILES string of the molecule is CCc1noc(CC)c1CNc1cc(C)nc2c(F)cccc12. The molecule has 120 valence electrons. The molecule has 0 aliphatic heterocycles. The zero-order valence-corrected chi connectivity index (χ0v) is 13.6. The number of halogens is 1. The minimum absolute atomic E-state index is 0.303. The largest absolute Gasteiger partial charge is 0.380 e. The highest BCUT2D eigenvalue weighted by Crippen LogP contribution is 2.26. The fourth-order valence-corrected chi connectivity index (χ4v) is 2.81. The molecule has 0 aliphatic carbocycles. The number of aryl methyl sites for hydroxylation is 3. The highest BCUT2D eigenvalue weighted by molar-refractivity contribution is 5.91. The van der Waals surface area contributed by atoms with Gasteiger partial charge in [0.15, 0.2) is 0 Å². The predicted octanol–water partition coefficient (Wildman–Crippen LogP) is 4.41. The molecule has 2 heterocycles. The summed E-state index contributed by atoms with van der Waals surface area (Å²) in [6, 6.07) is 6.95. The van der Waals surface area contributed by atoms with Crippen LogP contribution < -0.4 is 5.32 Å². The van der Waals surface area contributed by atoms with E-state index in [0.717, 1.165) is 46.6 Å². The highest BCUT2D eigenvalue weighted by Gasteiger charge is 2.14. The van der Waals surface area contributed by atoms with E-state index in [4.69, 9.17) is 4.52 Å². The number of pyridine rings is 1. The zero-order chi connectivity index (χ0) is 16.4. The summed E-state index contributed by atoms with van der Waals surface area (Å²) in [7, 11) is 0. The third kappa shape index (κ3) is 2.91. The Morgan fingerprint density at radius 1 is 1.22 bits per heavy atom. The van der Waals surface area contributed by atoms with Gasteiger partial charge in [0.2, 0.25) is 0 Å². The van der Waals surface area contributed by atoms with Crippen LogP contribution >= 0.6 is 0 Å². The Bertz CT molecular complexity index is 820. The van der Waals surface area contributed by atoms with Crippen LogP contribution in [0, 0.1) is 12.7 Å². The van der Waals surface area contributed by atoms with Gasteiger partial charge in [-0.1, -0.05) is 31.1 Å². The minimum atomic E-state index is -0.303. The molecule has 3 rings (SSSR count). The number of nitrogens with zero attached hydrogens (tertiary/aromatic N) is 2. The van der Waals surface area contributed by atoms with E-state index in [9.17, 15) is 4.39 Å². The van der Waals surface area contributed by atoms with Gasteiger partial charge in [0.05, 0.1) is 5.69 Å². The van der Waals surface area contributed by atoms with Gasteiger partial charge in [-0.25, -0.2) is 9.37 Å². The molecule has 4 nitrogen and oxygen atoms in total. The molecule has 1 N–H and O–H groups in total. The molecule has 0 saturated heterocycles. The number of hydrogen-bond donors (Lipinski definition) is 1. The average molecular weight is 313 g/mol. The Kier molecular flexibility index (Phi) is 4.28. The first-order valence-corrected chi connectivity index (χ1v) is 7.90. The van der Waals surface area contributed by atoms with Crippen LogP contribution in [0.1, 0.15) is 36.6 Å². The third-order valence-electron chi connectivity index (χ3n) is 3.98. The molecular weight excluding hydrogens is 293 g/mol. The van der Waals surface area contributed by atoms with Gasteiger partial charge in [0.1, 0.15) is 17.1 Å². The molecule has 23 heavy (non-hydrogen) atoms. The Morgan fingerprint density at radius 3 is 2.78 bits per heavy atom. The highest BCUT2D eigenvalue weighted by atomic mass is 19.1. The Hall–Kier alpha value is -2.43. The van der Waals surface area contributed by atoms with Crippen LogP contribution in [0.5, 0.6) is 0 Å². The monoisotopic (exact) mass is 313 g/mol. The average Bonchev–Trinajstić information content (AvgIpc) is 2.95. The fraction of sp³-hybridized carbons (Fsp3) is 0.333. The van der Waals surface area contributed by atoms with Crippen molar-refractivity contribution in [2.45, 2.75) is 40.2 Å². The summed E-state index contributed by atoms with van der Waals surface area (Å²) in [6.07, 6.45) is 1.63. The van der Waals surface area contributed by atoms with Gasteiger partial charge >= 0.3 is 0 Å². The van der Waals surface area contributed by atoms with E-state index in [1.54, 1.807) is 6.07 Å². The van der Waals surface area contributed by atoms with Crippen molar-refractivity contribution in [3.8, 4) is 0 Å². The normalized spacial score (nSPS) is 11.1. The van der Waals surface area contributed by atoms with Crippen molar-refractivity contribution >= 4 is 16.6 Å². The zero-order valence-electron chi connectivity index (χ0n) is 13.6. The number of aromatic nitrogens is 2. The van der Waals surface area contributed by atoms with E-state index in [1.807, 2.05) is 26.0 Å². The third-order valence-corrected chi connectivity index (χ3v) is 3.98. The molecule has 0 amide bonds. The van der Waals surface area contributed by atoms with Crippen LogP contribution in [-0.2, 0) is 19.4 Å². The molecule has 3 aromatic rings. The molecule has 1 aromatic carbocycles. The topological polar surface area (TPSA) is 51.0 Å². The van der Waals surface area contributed by atoms with Gasteiger partial charge in [0, 0.05) is 35.3 Å². The summed E-state index contributed by atoms with van der Waals surface area (Å²) >= 11 is 0. The number of hydrogen-bond acceptors (Lipinski definition) is 4. The Balaban J connectivity index is 1.97. The minimum Gasteiger partial charge on any atom is -0.380 e. The molecule has 0 unspecified atom stereocenters. The van der Waals surface area contributed by atoms with Crippen molar-refractivity contribution < 1.29 is 8.91 Å². The molecule has 0 spiro atoms. The Labute approximate surface area is 134 Å². The van der Waals surface area contributed by atoms with Crippen LogP contribution in [-0.4, -0.2) is 10.1 Å². The summed E-state index contributed by atoms with van der Waals surface area (Å²) in [6.45, 7) is 6.57. The molecule has 0 fully saturated rings. The van der Waals surface area contributed by atoms with Gasteiger partial charge < -0.3 is 9.84 Å². The van der Waals surface area contributed by atoms with E-state index in [-0.39, 0.29) is 5.82 Å². The van der Waals surface area contributed by atoms with Crippen LogP contribution in [0.4, 0.5) is 10.1 Å². The lowest BCUT2D eigenvalue weighted by molar-refractivity contribution is 0.380. The van der Waals surface area contributed by atoms with Gasteiger partial charge in [-0.05, 0) is 25.5 Å². The number of benzene rings is 1. The van der Waals surface area contributed by atoms with Gasteiger partial charge in [0.25, 0.3) is 0 Å². The molecule has 0 saturated carbocycles. The van der Waals surface area contributed by atoms with Crippen LogP contribution in [0.15, 0.2) is 28.8 Å². The maximum absolute atomic E-state index is 14.0. The second-order valence-electron chi connectivity index (χ2n) is 5.54. The summed E-state index contributed by atoms with van der Waals surface area (Å²) < 4.78 is 19.4. The van der Waals surface area contributed by atoms with Crippen molar-refractivity contribution in [1.82, 2.24) is 10.1 Å². The van der Waals surface area contributed by atoms with E-state index >= 15 is 0 Å². The van der Waals surface area contributed by atoms with Gasteiger partial charge in [-0.3, -0.25) is 0 Å². The second kappa shape index (κ2) is 6.36. The first kappa shape index (κ1) is 15.5. The van der Waals surface area contributed by atoms with Crippen molar-refractivity contribution in [1.29, 1.82) is 0 Å². The van der Waals surface area contributed by atoms with Crippen LogP contribution in [0.3, 0.4) is 0 Å². The standard InChI is InChI=1S/C18H20FN3O/c1-4-15-13(17(5-2)23-22-15)10-20-16-9-11(3)21-18-12(16)7-6-8-14(18)19/h6-9H,4-5,10H2,1-3H3,(H,20,21). The summed E-state index contributed by atoms with van der Waals surface area (Å²) in [5, 5.41) is 8.31. The maximum Gasteiger partial charge on any atom is 0.149 e. The summed E-state index contributed by atoms with van der Waals surface area (Å²) in [5.74, 6) is 0.596. The number of fused-ring (bicyclic) bond motifs is 1. The van der Waals surface area contributed by atoms with Crippen molar-refractivity contribution in [3.63, 3.8) is 0 Å². The molecule has 0 aliphatic rings. The number of nitrogens with one attached hydrogen (secondary N) is 1. The molecule has 2 aromatic heterocycles. The molecule has 0 bridgehead atoms. The first-order chi connectivity index (χ1) is 11.1. The molecule has 0 atom stereocenters. The number of anilines is 1. The van der Waals surface area contributed by atoms with Crippen molar-refractivity contribution in [2.24, 2.45) is 0 Å². The first-order valence-electron chi connectivity index (χ1n) is 7.90. The second-order valence-corrected chi connectivity index (χ2v) is 5.54. The lowest BCUT2D eigenvalue weighted by atomic mass is 10.1. The van der Waals surface area contributed by atoms with Crippen molar-refractivity contribution in [3.05, 3.63) is 52.8 Å². The predicted molar refractivity (Wildman–Crippen MR) is 89.0 cm³/mol. The smallest absolute Gasteiger partial charge is 0.149 e. The summed E-state index contributed by atoms with van der Waals surface area (Å²) in [5.41, 5.74) is 4.11. The van der Waals surface area contributed by atoms with Crippen LogP contribution in [0.2, 0.25) is 0 Å². The lowest BCUT2D eigenvalue weighted by Gasteiger charge is -2.11. The number of para-hydroxylation sites is 1. The van der Waals surface area contributed by atoms with E-state index in [0.29, 0.717) is 12.1 Å². The van der Waals surface area contributed by atoms with E-state index in [2.05, 4.69) is 22.4 Å². The number of rotatable bonds is 5. The lowest BCUT2D eigenvalue weighted by Crippen LogP contribution is -2.05. The quantitative estimate of drug-likeness (QED) is 0.758.